The van der Waals surface area contributed by atoms with Gasteiger partial charge in [-0.05, 0) is 16.9 Å². The molecule has 3 rings (SSSR count). The van der Waals surface area contributed by atoms with Gasteiger partial charge in [0.15, 0.2) is 10.8 Å². The second kappa shape index (κ2) is 4.34. The van der Waals surface area contributed by atoms with E-state index >= 15 is 0 Å². The van der Waals surface area contributed by atoms with Crippen LogP contribution in [0.25, 0.3) is 0 Å². The number of rotatable bonds is 4. The molecular formula is C14H21N5O2S. The number of H-pyrrole nitrogens is 1. The summed E-state index contributed by atoms with van der Waals surface area (Å²) >= 11 is 0. The average Bonchev–Trinajstić information content (AvgIpc) is 2.85. The number of nitrogens with zero attached hydrogens (tertiary/aromatic N) is 3. The summed E-state index contributed by atoms with van der Waals surface area (Å²) in [5, 5.41) is 10.9. The quantitative estimate of drug-likeness (QED) is 0.901. The summed E-state index contributed by atoms with van der Waals surface area (Å²) in [6, 6.07) is 3.21. The van der Waals surface area contributed by atoms with Crippen LogP contribution in [-0.2, 0) is 17.1 Å². The Balaban J connectivity index is 1.81. The van der Waals surface area contributed by atoms with Crippen LogP contribution >= 0.6 is 0 Å². The predicted molar refractivity (Wildman–Crippen MR) is 82.9 cm³/mol. The molecule has 2 heterocycles. The molecule has 0 aliphatic heterocycles. The van der Waals surface area contributed by atoms with Crippen molar-refractivity contribution in [3.05, 3.63) is 24.0 Å². The fraction of sp³-hybridized carbons (Fsp3) is 0.571. The van der Waals surface area contributed by atoms with Gasteiger partial charge in [0.2, 0.25) is 0 Å². The summed E-state index contributed by atoms with van der Waals surface area (Å²) in [4.78, 5) is 0. The molecule has 2 aromatic heterocycles. The summed E-state index contributed by atoms with van der Waals surface area (Å²) in [7, 11) is -2.04. The number of hydrogen-bond acceptors (Lipinski definition) is 4. The first kappa shape index (κ1) is 15.1. The van der Waals surface area contributed by atoms with E-state index in [2.05, 4.69) is 47.7 Å². The van der Waals surface area contributed by atoms with Gasteiger partial charge in [0.1, 0.15) is 0 Å². The van der Waals surface area contributed by atoms with Crippen LogP contribution in [0.3, 0.4) is 0 Å². The molecule has 0 radical (unpaired) electrons. The number of nitrogens with one attached hydrogen (secondary N) is 2. The molecule has 120 valence electrons. The van der Waals surface area contributed by atoms with E-state index in [0.717, 1.165) is 5.69 Å². The largest absolute Gasteiger partial charge is 0.282 e. The Labute approximate surface area is 130 Å². The zero-order valence-corrected chi connectivity index (χ0v) is 14.2. The molecule has 0 aromatic carbocycles. The Morgan fingerprint density at radius 3 is 2.41 bits per heavy atom. The Hall–Kier alpha value is -1.83. The molecule has 0 amide bonds. The molecular weight excluding hydrogens is 302 g/mol. The van der Waals surface area contributed by atoms with Crippen LogP contribution < -0.4 is 4.72 Å². The summed E-state index contributed by atoms with van der Waals surface area (Å²) < 4.78 is 28.4. The maximum atomic E-state index is 12.2. The van der Waals surface area contributed by atoms with E-state index < -0.39 is 10.0 Å². The predicted octanol–water partition coefficient (Wildman–Crippen LogP) is 2.09. The van der Waals surface area contributed by atoms with Gasteiger partial charge in [-0.15, -0.1) is 0 Å². The van der Waals surface area contributed by atoms with Crippen LogP contribution in [0.4, 0.5) is 5.82 Å². The van der Waals surface area contributed by atoms with E-state index in [1.54, 1.807) is 19.3 Å². The molecule has 2 N–H and O–H groups in total. The second-order valence-electron chi connectivity index (χ2n) is 7.02. The Kier molecular flexibility index (Phi) is 2.98. The van der Waals surface area contributed by atoms with Crippen molar-refractivity contribution in [1.29, 1.82) is 0 Å². The van der Waals surface area contributed by atoms with E-state index in [-0.39, 0.29) is 15.9 Å². The van der Waals surface area contributed by atoms with Crippen molar-refractivity contribution in [2.24, 2.45) is 17.9 Å². The standard InChI is InChI=1S/C14H21N5O2S/c1-13(2)12(14(13,3)4)9-8-10(16-15-9)18-22(20,21)11-6-7-19(5)17-11/h6-8,12H,1-5H3,(H2,15,16,18). The highest BCUT2D eigenvalue weighted by atomic mass is 32.2. The lowest BCUT2D eigenvalue weighted by Crippen LogP contribution is -2.14. The topological polar surface area (TPSA) is 92.7 Å². The SMILES string of the molecule is Cn1ccc(S(=O)(=O)Nc2cc(C3C(C)(C)C3(C)C)[nH]n2)n1. The van der Waals surface area contributed by atoms with Crippen LogP contribution in [0.15, 0.2) is 23.4 Å². The molecule has 0 unspecified atom stereocenters. The van der Waals surface area contributed by atoms with Crippen LogP contribution in [0.5, 0.6) is 0 Å². The van der Waals surface area contributed by atoms with Crippen LogP contribution in [0.2, 0.25) is 0 Å². The number of sulfonamides is 1. The van der Waals surface area contributed by atoms with Gasteiger partial charge in [0.05, 0.1) is 0 Å². The van der Waals surface area contributed by atoms with Gasteiger partial charge in [-0.25, -0.2) is 0 Å². The minimum atomic E-state index is -3.71. The van der Waals surface area contributed by atoms with E-state index in [9.17, 15) is 8.42 Å². The summed E-state index contributed by atoms with van der Waals surface area (Å²) in [5.74, 6) is 0.625. The summed E-state index contributed by atoms with van der Waals surface area (Å²) in [6.45, 7) is 8.82. The molecule has 2 aromatic rings. The number of aryl methyl sites for hydroxylation is 1. The van der Waals surface area contributed by atoms with Crippen molar-refractivity contribution in [3.8, 4) is 0 Å². The third-order valence-electron chi connectivity index (χ3n) is 5.13. The highest BCUT2D eigenvalue weighted by Crippen LogP contribution is 2.73. The van der Waals surface area contributed by atoms with Gasteiger partial charge in [-0.3, -0.25) is 14.5 Å². The van der Waals surface area contributed by atoms with Crippen LogP contribution in [0, 0.1) is 10.8 Å². The lowest BCUT2D eigenvalue weighted by molar-refractivity contribution is 0.457. The molecule has 22 heavy (non-hydrogen) atoms. The zero-order valence-electron chi connectivity index (χ0n) is 13.4. The number of anilines is 1. The molecule has 1 fully saturated rings. The van der Waals surface area contributed by atoms with E-state index in [4.69, 9.17) is 0 Å². The molecule has 8 heteroatoms. The molecule has 0 atom stereocenters. The number of aromatic nitrogens is 4. The van der Waals surface area contributed by atoms with Crippen molar-refractivity contribution in [2.75, 3.05) is 4.72 Å². The van der Waals surface area contributed by atoms with E-state index in [1.165, 1.54) is 10.7 Å². The van der Waals surface area contributed by atoms with Gasteiger partial charge in [0, 0.05) is 30.9 Å². The Bertz CT molecular complexity index is 802. The lowest BCUT2D eigenvalue weighted by atomic mass is 10.0. The monoisotopic (exact) mass is 323 g/mol. The second-order valence-corrected chi connectivity index (χ2v) is 8.65. The number of aromatic amines is 1. The van der Waals surface area contributed by atoms with Gasteiger partial charge < -0.3 is 0 Å². The molecule has 0 bridgehead atoms. The van der Waals surface area contributed by atoms with Gasteiger partial charge in [-0.1, -0.05) is 27.7 Å². The zero-order chi connectivity index (χ0) is 16.3. The first-order chi connectivity index (χ1) is 10.1. The highest BCUT2D eigenvalue weighted by molar-refractivity contribution is 7.92. The third-order valence-corrected chi connectivity index (χ3v) is 6.38. The van der Waals surface area contributed by atoms with E-state index in [1.807, 2.05) is 0 Å². The minimum absolute atomic E-state index is 0.0216. The Morgan fingerprint density at radius 2 is 1.91 bits per heavy atom. The molecule has 1 aliphatic carbocycles. The van der Waals surface area contributed by atoms with E-state index in [0.29, 0.717) is 11.7 Å². The van der Waals surface area contributed by atoms with Crippen LogP contribution in [0.1, 0.15) is 39.3 Å². The first-order valence-electron chi connectivity index (χ1n) is 7.13. The molecule has 1 saturated carbocycles. The van der Waals surface area contributed by atoms with Crippen molar-refractivity contribution in [1.82, 2.24) is 20.0 Å². The summed E-state index contributed by atoms with van der Waals surface area (Å²) in [5.41, 5.74) is 1.28. The van der Waals surface area contributed by atoms with Crippen molar-refractivity contribution >= 4 is 15.8 Å². The minimum Gasteiger partial charge on any atom is -0.280 e. The third kappa shape index (κ3) is 2.13. The smallest absolute Gasteiger partial charge is 0.280 e. The van der Waals surface area contributed by atoms with Crippen molar-refractivity contribution < 1.29 is 8.42 Å². The normalized spacial score (nSPS) is 20.0. The summed E-state index contributed by atoms with van der Waals surface area (Å²) in [6.07, 6.45) is 1.58. The van der Waals surface area contributed by atoms with Crippen molar-refractivity contribution in [2.45, 2.75) is 38.6 Å². The highest BCUT2D eigenvalue weighted by Gasteiger charge is 2.65. The average molecular weight is 323 g/mol. The lowest BCUT2D eigenvalue weighted by Gasteiger charge is -2.03. The van der Waals surface area contributed by atoms with Crippen LogP contribution in [-0.4, -0.2) is 28.4 Å². The maximum Gasteiger partial charge on any atom is 0.282 e. The maximum absolute atomic E-state index is 12.2. The molecule has 0 saturated heterocycles. The number of hydrogen-bond donors (Lipinski definition) is 2. The molecule has 7 nitrogen and oxygen atoms in total. The first-order valence-corrected chi connectivity index (χ1v) is 8.62. The fourth-order valence-electron chi connectivity index (χ4n) is 3.24. The molecule has 1 aliphatic rings. The van der Waals surface area contributed by atoms with Crippen molar-refractivity contribution in [3.63, 3.8) is 0 Å². The molecule has 0 spiro atoms. The Morgan fingerprint density at radius 1 is 1.27 bits per heavy atom. The fourth-order valence-corrected chi connectivity index (χ4v) is 4.20. The van der Waals surface area contributed by atoms with Gasteiger partial charge in [-0.2, -0.15) is 18.6 Å². The van der Waals surface area contributed by atoms with Gasteiger partial charge in [0.25, 0.3) is 10.0 Å². The van der Waals surface area contributed by atoms with Gasteiger partial charge >= 0.3 is 0 Å².